The molecule has 0 unspecified atom stereocenters. The van der Waals surface area contributed by atoms with E-state index in [4.69, 9.17) is 9.47 Å². The summed E-state index contributed by atoms with van der Waals surface area (Å²) >= 11 is 2.45. The van der Waals surface area contributed by atoms with Crippen molar-refractivity contribution in [3.63, 3.8) is 0 Å². The van der Waals surface area contributed by atoms with E-state index in [0.717, 1.165) is 32.5 Å². The van der Waals surface area contributed by atoms with Gasteiger partial charge in [-0.25, -0.2) is 9.59 Å². The summed E-state index contributed by atoms with van der Waals surface area (Å²) in [7, 11) is 0. The monoisotopic (exact) mass is 549 g/mol. The van der Waals surface area contributed by atoms with Gasteiger partial charge in [0.15, 0.2) is 0 Å². The topological polar surface area (TPSA) is 81.7 Å². The average Bonchev–Trinajstić information content (AvgIpc) is 3.41. The van der Waals surface area contributed by atoms with Crippen LogP contribution in [0.4, 0.5) is 5.00 Å². The van der Waals surface area contributed by atoms with Crippen molar-refractivity contribution in [3.8, 4) is 0 Å². The third-order valence-corrected chi connectivity index (χ3v) is 8.39. The molecule has 0 spiro atoms. The Morgan fingerprint density at radius 2 is 1.61 bits per heavy atom. The van der Waals surface area contributed by atoms with E-state index in [0.29, 0.717) is 16.9 Å². The number of carbonyl (C=O) groups excluding carboxylic acids is 3. The summed E-state index contributed by atoms with van der Waals surface area (Å²) in [5.74, 6) is -1.27. The second-order valence-corrected chi connectivity index (χ2v) is 11.6. The zero-order valence-electron chi connectivity index (χ0n) is 22.2. The number of thiophene rings is 2. The van der Waals surface area contributed by atoms with Gasteiger partial charge in [-0.1, -0.05) is 61.9 Å². The van der Waals surface area contributed by atoms with Gasteiger partial charge in [0.25, 0.3) is 5.91 Å². The molecule has 0 radical (unpaired) electrons. The van der Waals surface area contributed by atoms with Crippen molar-refractivity contribution < 1.29 is 23.9 Å². The zero-order valence-corrected chi connectivity index (χ0v) is 23.8. The molecule has 38 heavy (non-hydrogen) atoms. The molecule has 0 atom stereocenters. The summed E-state index contributed by atoms with van der Waals surface area (Å²) in [6, 6.07) is 16.2. The highest BCUT2D eigenvalue weighted by Gasteiger charge is 2.29. The molecule has 8 heteroatoms. The van der Waals surface area contributed by atoms with Gasteiger partial charge in [0.05, 0.1) is 23.7 Å². The molecule has 2 heterocycles. The molecule has 0 bridgehead atoms. The minimum atomic E-state index is -0.587. The van der Waals surface area contributed by atoms with Crippen LogP contribution in [0.5, 0.6) is 0 Å². The zero-order chi connectivity index (χ0) is 27.4. The van der Waals surface area contributed by atoms with Gasteiger partial charge in [0.1, 0.15) is 9.88 Å². The van der Waals surface area contributed by atoms with E-state index in [-0.39, 0.29) is 40.5 Å². The van der Waals surface area contributed by atoms with E-state index in [9.17, 15) is 14.4 Å². The van der Waals surface area contributed by atoms with Crippen LogP contribution in [-0.2, 0) is 15.9 Å². The van der Waals surface area contributed by atoms with E-state index < -0.39 is 11.9 Å². The van der Waals surface area contributed by atoms with Gasteiger partial charge in [0, 0.05) is 4.70 Å². The number of aryl methyl sites for hydroxylation is 1. The number of carbonyl (C=O) groups is 3. The van der Waals surface area contributed by atoms with Crippen molar-refractivity contribution in [2.75, 3.05) is 18.5 Å². The van der Waals surface area contributed by atoms with Crippen molar-refractivity contribution in [1.82, 2.24) is 0 Å². The number of fused-ring (bicyclic) bond motifs is 1. The van der Waals surface area contributed by atoms with Crippen LogP contribution in [0.15, 0.2) is 48.5 Å². The van der Waals surface area contributed by atoms with E-state index in [1.165, 1.54) is 16.9 Å². The quantitative estimate of drug-likeness (QED) is 0.220. The Labute approximate surface area is 230 Å². The third-order valence-electron chi connectivity index (χ3n) is 5.99. The number of hydrogen-bond acceptors (Lipinski definition) is 7. The second-order valence-electron chi connectivity index (χ2n) is 9.50. The van der Waals surface area contributed by atoms with Crippen LogP contribution >= 0.6 is 22.7 Å². The molecule has 4 aromatic rings. The van der Waals surface area contributed by atoms with Crippen LogP contribution < -0.4 is 5.32 Å². The van der Waals surface area contributed by atoms with Crippen LogP contribution in [0, 0.1) is 19.8 Å². The Balaban J connectivity index is 1.72. The van der Waals surface area contributed by atoms with Gasteiger partial charge in [-0.05, 0) is 61.3 Å². The van der Waals surface area contributed by atoms with Crippen molar-refractivity contribution >= 4 is 55.6 Å². The lowest BCUT2D eigenvalue weighted by molar-refractivity contribution is 0.0464. The summed E-state index contributed by atoms with van der Waals surface area (Å²) in [5.41, 5.74) is 3.82. The van der Waals surface area contributed by atoms with Gasteiger partial charge in [-0.3, -0.25) is 4.79 Å². The van der Waals surface area contributed by atoms with Crippen molar-refractivity contribution in [3.05, 3.63) is 86.1 Å². The highest BCUT2D eigenvalue weighted by molar-refractivity contribution is 7.21. The molecule has 0 saturated carbocycles. The maximum absolute atomic E-state index is 13.7. The van der Waals surface area contributed by atoms with Crippen molar-refractivity contribution in [2.24, 2.45) is 5.92 Å². The number of ether oxygens (including phenoxy) is 2. The smallest absolute Gasteiger partial charge is 0.348 e. The number of rotatable bonds is 9. The Hall–Kier alpha value is -3.49. The van der Waals surface area contributed by atoms with Crippen LogP contribution in [0.1, 0.15) is 72.7 Å². The summed E-state index contributed by atoms with van der Waals surface area (Å²) in [6.07, 6.45) is 0.591. The molecule has 0 aliphatic carbocycles. The minimum Gasteiger partial charge on any atom is -0.462 e. The molecule has 1 N–H and O–H groups in total. The molecule has 0 saturated heterocycles. The number of benzene rings is 2. The number of hydrogen-bond donors (Lipinski definition) is 1. The lowest BCUT2D eigenvalue weighted by atomic mass is 10.0. The van der Waals surface area contributed by atoms with Crippen LogP contribution in [-0.4, -0.2) is 31.1 Å². The predicted octanol–water partition coefficient (Wildman–Crippen LogP) is 7.41. The fraction of sp³-hybridized carbons (Fsp3) is 0.300. The normalized spacial score (nSPS) is 11.1. The van der Waals surface area contributed by atoms with Crippen LogP contribution in [0.2, 0.25) is 0 Å². The predicted molar refractivity (Wildman–Crippen MR) is 154 cm³/mol. The molecule has 0 aliphatic rings. The van der Waals surface area contributed by atoms with E-state index in [1.807, 2.05) is 45.0 Å². The summed E-state index contributed by atoms with van der Waals surface area (Å²) in [5, 5.41) is 4.23. The van der Waals surface area contributed by atoms with Gasteiger partial charge >= 0.3 is 11.9 Å². The van der Waals surface area contributed by atoms with Gasteiger partial charge in [-0.2, -0.15) is 0 Å². The van der Waals surface area contributed by atoms with Gasteiger partial charge in [0.2, 0.25) is 0 Å². The molecule has 0 fully saturated rings. The summed E-state index contributed by atoms with van der Waals surface area (Å²) < 4.78 is 11.7. The molecule has 1 amide bonds. The first-order chi connectivity index (χ1) is 18.2. The lowest BCUT2D eigenvalue weighted by Gasteiger charge is -2.09. The Bertz CT molecular complexity index is 1480. The third kappa shape index (κ3) is 5.97. The highest BCUT2D eigenvalue weighted by Crippen LogP contribution is 2.37. The SMILES string of the molecule is CCOC(=O)c1c(NC(=O)c2sc3ccccc3c2Cc2ccc(C)cc2)sc(C(=O)OCC(C)C)c1C. The summed E-state index contributed by atoms with van der Waals surface area (Å²) in [4.78, 5) is 40.2. The fourth-order valence-electron chi connectivity index (χ4n) is 4.08. The van der Waals surface area contributed by atoms with Crippen molar-refractivity contribution in [2.45, 2.75) is 41.0 Å². The standard InChI is InChI=1S/C30H31NO5S2/c1-6-35-29(33)24-19(5)25(30(34)36-16-17(2)3)38-28(24)31-27(32)26-22(15-20-13-11-18(4)12-14-20)21-9-7-8-10-23(21)37-26/h7-14,17H,6,15-16H2,1-5H3,(H,31,32). The molecular weight excluding hydrogens is 518 g/mol. The number of nitrogens with one attached hydrogen (secondary N) is 1. The summed E-state index contributed by atoms with van der Waals surface area (Å²) in [6.45, 7) is 9.76. The molecule has 2 aromatic carbocycles. The van der Waals surface area contributed by atoms with Gasteiger partial charge < -0.3 is 14.8 Å². The Kier molecular flexibility index (Phi) is 8.64. The maximum atomic E-state index is 13.7. The highest BCUT2D eigenvalue weighted by atomic mass is 32.1. The molecule has 6 nitrogen and oxygen atoms in total. The van der Waals surface area contributed by atoms with Crippen molar-refractivity contribution in [1.29, 1.82) is 0 Å². The molecule has 198 valence electrons. The first kappa shape index (κ1) is 27.5. The Morgan fingerprint density at radius 3 is 2.29 bits per heavy atom. The lowest BCUT2D eigenvalue weighted by Crippen LogP contribution is -2.15. The fourth-order valence-corrected chi connectivity index (χ4v) is 6.28. The Morgan fingerprint density at radius 1 is 0.895 bits per heavy atom. The van der Waals surface area contributed by atoms with Gasteiger partial charge in [-0.15, -0.1) is 22.7 Å². The molecular formula is C30H31NO5S2. The molecule has 4 rings (SSSR count). The first-order valence-corrected chi connectivity index (χ1v) is 14.2. The van der Waals surface area contributed by atoms with E-state index in [2.05, 4.69) is 29.6 Å². The number of esters is 2. The van der Waals surface area contributed by atoms with E-state index >= 15 is 0 Å². The number of amides is 1. The average molecular weight is 550 g/mol. The molecule has 0 aliphatic heterocycles. The first-order valence-electron chi connectivity index (χ1n) is 12.5. The van der Waals surface area contributed by atoms with Crippen LogP contribution in [0.3, 0.4) is 0 Å². The number of anilines is 1. The largest absolute Gasteiger partial charge is 0.462 e. The van der Waals surface area contributed by atoms with Crippen LogP contribution in [0.25, 0.3) is 10.1 Å². The maximum Gasteiger partial charge on any atom is 0.348 e. The van der Waals surface area contributed by atoms with E-state index in [1.54, 1.807) is 13.8 Å². The molecule has 2 aromatic heterocycles. The second kappa shape index (κ2) is 11.9. The minimum absolute atomic E-state index is 0.169.